The van der Waals surface area contributed by atoms with E-state index in [1.165, 1.54) is 35.2 Å². The first-order chi connectivity index (χ1) is 9.10. The standard InChI is InChI=1S/C13H13FN2OS2/c1-8-9(5-12(19-8)13(17)16-15)7-18-11-4-2-3-10(14)6-11/h2-6H,7,15H2,1H3,(H,16,17). The Kier molecular flexibility index (Phi) is 4.57. The molecule has 0 saturated heterocycles. The number of hydrazine groups is 1. The molecule has 1 amide bonds. The molecule has 0 bridgehead atoms. The molecule has 0 fully saturated rings. The van der Waals surface area contributed by atoms with Crippen LogP contribution >= 0.6 is 23.1 Å². The Hall–Kier alpha value is -1.37. The number of thiophene rings is 1. The molecule has 2 aromatic rings. The highest BCUT2D eigenvalue weighted by Gasteiger charge is 2.11. The lowest BCUT2D eigenvalue weighted by atomic mass is 10.3. The summed E-state index contributed by atoms with van der Waals surface area (Å²) in [7, 11) is 0. The first kappa shape index (κ1) is 14.0. The van der Waals surface area contributed by atoms with E-state index >= 15 is 0 Å². The average Bonchev–Trinajstić information content (AvgIpc) is 2.77. The van der Waals surface area contributed by atoms with E-state index in [0.717, 1.165) is 15.3 Å². The molecule has 100 valence electrons. The van der Waals surface area contributed by atoms with Crippen molar-refractivity contribution >= 4 is 29.0 Å². The molecule has 3 N–H and O–H groups in total. The van der Waals surface area contributed by atoms with E-state index in [2.05, 4.69) is 5.43 Å². The number of halogens is 1. The number of nitrogen functional groups attached to an aromatic ring is 1. The van der Waals surface area contributed by atoms with E-state index in [1.54, 1.807) is 6.07 Å². The van der Waals surface area contributed by atoms with Gasteiger partial charge in [0.1, 0.15) is 5.82 Å². The number of aryl methyl sites for hydroxylation is 1. The van der Waals surface area contributed by atoms with Crippen LogP contribution in [0.25, 0.3) is 0 Å². The highest BCUT2D eigenvalue weighted by Crippen LogP contribution is 2.29. The van der Waals surface area contributed by atoms with Crippen LogP contribution in [0.1, 0.15) is 20.1 Å². The lowest BCUT2D eigenvalue weighted by Gasteiger charge is -2.01. The summed E-state index contributed by atoms with van der Waals surface area (Å²) in [4.78, 5) is 14.0. The third-order valence-corrected chi connectivity index (χ3v) is 4.70. The van der Waals surface area contributed by atoms with Crippen LogP contribution in [0, 0.1) is 12.7 Å². The summed E-state index contributed by atoms with van der Waals surface area (Å²) in [5.74, 6) is 5.28. The molecule has 3 nitrogen and oxygen atoms in total. The minimum absolute atomic E-state index is 0.241. The van der Waals surface area contributed by atoms with Gasteiger partial charge >= 0.3 is 0 Å². The number of amides is 1. The van der Waals surface area contributed by atoms with Gasteiger partial charge in [0.25, 0.3) is 5.91 Å². The van der Waals surface area contributed by atoms with Gasteiger partial charge in [-0.1, -0.05) is 6.07 Å². The molecule has 0 aliphatic carbocycles. The zero-order chi connectivity index (χ0) is 13.8. The van der Waals surface area contributed by atoms with Crippen molar-refractivity contribution in [2.45, 2.75) is 17.6 Å². The molecule has 0 saturated carbocycles. The summed E-state index contributed by atoms with van der Waals surface area (Å²) in [6.45, 7) is 1.96. The zero-order valence-corrected chi connectivity index (χ0v) is 11.9. The van der Waals surface area contributed by atoms with E-state index in [-0.39, 0.29) is 11.7 Å². The van der Waals surface area contributed by atoms with E-state index in [9.17, 15) is 9.18 Å². The zero-order valence-electron chi connectivity index (χ0n) is 10.3. The van der Waals surface area contributed by atoms with Gasteiger partial charge < -0.3 is 0 Å². The second-order valence-corrected chi connectivity index (χ2v) is 6.22. The number of nitrogens with two attached hydrogens (primary N) is 1. The van der Waals surface area contributed by atoms with Gasteiger partial charge in [0, 0.05) is 15.5 Å². The van der Waals surface area contributed by atoms with Crippen molar-refractivity contribution in [3.63, 3.8) is 0 Å². The van der Waals surface area contributed by atoms with Crippen LogP contribution in [0.15, 0.2) is 35.2 Å². The van der Waals surface area contributed by atoms with Crippen LogP contribution in [-0.4, -0.2) is 5.91 Å². The molecule has 1 heterocycles. The fourth-order valence-corrected chi connectivity index (χ4v) is 3.59. The number of nitrogens with one attached hydrogen (secondary N) is 1. The van der Waals surface area contributed by atoms with Crippen LogP contribution in [0.4, 0.5) is 4.39 Å². The average molecular weight is 296 g/mol. The molecule has 0 radical (unpaired) electrons. The number of carbonyl (C=O) groups excluding carboxylic acids is 1. The highest BCUT2D eigenvalue weighted by atomic mass is 32.2. The Balaban J connectivity index is 2.07. The third kappa shape index (κ3) is 3.56. The van der Waals surface area contributed by atoms with Gasteiger partial charge in [0.05, 0.1) is 4.88 Å². The van der Waals surface area contributed by atoms with Crippen LogP contribution in [0.3, 0.4) is 0 Å². The van der Waals surface area contributed by atoms with Crippen LogP contribution in [0.5, 0.6) is 0 Å². The van der Waals surface area contributed by atoms with Gasteiger partial charge in [-0.3, -0.25) is 10.2 Å². The molecule has 1 aromatic heterocycles. The smallest absolute Gasteiger partial charge is 0.275 e. The maximum atomic E-state index is 13.0. The van der Waals surface area contributed by atoms with Crippen molar-refractivity contribution in [2.24, 2.45) is 5.84 Å². The molecule has 19 heavy (non-hydrogen) atoms. The van der Waals surface area contributed by atoms with E-state index in [1.807, 2.05) is 19.1 Å². The molecule has 0 unspecified atom stereocenters. The first-order valence-corrected chi connectivity index (χ1v) is 7.39. The normalized spacial score (nSPS) is 10.5. The Morgan fingerprint density at radius 1 is 1.47 bits per heavy atom. The van der Waals surface area contributed by atoms with Gasteiger partial charge in [-0.25, -0.2) is 10.2 Å². The Labute approximate surface area is 119 Å². The van der Waals surface area contributed by atoms with E-state index in [0.29, 0.717) is 10.6 Å². The van der Waals surface area contributed by atoms with Crippen molar-refractivity contribution in [1.82, 2.24) is 5.43 Å². The van der Waals surface area contributed by atoms with Crippen LogP contribution < -0.4 is 11.3 Å². The minimum Gasteiger partial charge on any atom is -0.289 e. The Morgan fingerprint density at radius 3 is 2.95 bits per heavy atom. The molecular weight excluding hydrogens is 283 g/mol. The quantitative estimate of drug-likeness (QED) is 0.394. The van der Waals surface area contributed by atoms with Crippen molar-refractivity contribution < 1.29 is 9.18 Å². The molecule has 2 rings (SSSR count). The largest absolute Gasteiger partial charge is 0.289 e. The highest BCUT2D eigenvalue weighted by molar-refractivity contribution is 7.98. The second kappa shape index (κ2) is 6.18. The van der Waals surface area contributed by atoms with Gasteiger partial charge in [-0.2, -0.15) is 0 Å². The molecule has 0 aliphatic heterocycles. The second-order valence-electron chi connectivity index (χ2n) is 3.91. The van der Waals surface area contributed by atoms with E-state index < -0.39 is 0 Å². The number of rotatable bonds is 4. The van der Waals surface area contributed by atoms with Gasteiger partial charge in [-0.15, -0.1) is 23.1 Å². The SMILES string of the molecule is Cc1sc(C(=O)NN)cc1CSc1cccc(F)c1. The van der Waals surface area contributed by atoms with Gasteiger partial charge in [0.2, 0.25) is 0 Å². The fraction of sp³-hybridized carbons (Fsp3) is 0.154. The third-order valence-electron chi connectivity index (χ3n) is 2.57. The number of thioether (sulfide) groups is 1. The Bertz CT molecular complexity index is 598. The van der Waals surface area contributed by atoms with Crippen LogP contribution in [0.2, 0.25) is 0 Å². The summed E-state index contributed by atoms with van der Waals surface area (Å²) in [6.07, 6.45) is 0. The van der Waals surface area contributed by atoms with Crippen molar-refractivity contribution in [1.29, 1.82) is 0 Å². The number of hydrogen-bond acceptors (Lipinski definition) is 4. The molecule has 0 spiro atoms. The first-order valence-electron chi connectivity index (χ1n) is 5.59. The summed E-state index contributed by atoms with van der Waals surface area (Å²) in [5.41, 5.74) is 3.19. The fourth-order valence-electron chi connectivity index (χ4n) is 1.56. The Morgan fingerprint density at radius 2 is 2.26 bits per heavy atom. The van der Waals surface area contributed by atoms with Gasteiger partial charge in [0.15, 0.2) is 0 Å². The monoisotopic (exact) mass is 296 g/mol. The summed E-state index contributed by atoms with van der Waals surface area (Å²) < 4.78 is 13.0. The summed E-state index contributed by atoms with van der Waals surface area (Å²) >= 11 is 2.94. The maximum absolute atomic E-state index is 13.0. The molecule has 0 atom stereocenters. The van der Waals surface area contributed by atoms with Gasteiger partial charge in [-0.05, 0) is 36.8 Å². The number of hydrogen-bond donors (Lipinski definition) is 2. The lowest BCUT2D eigenvalue weighted by Crippen LogP contribution is -2.29. The minimum atomic E-state index is -0.282. The van der Waals surface area contributed by atoms with Crippen LogP contribution in [-0.2, 0) is 5.75 Å². The number of carbonyl (C=O) groups is 1. The number of benzene rings is 1. The maximum Gasteiger partial charge on any atom is 0.275 e. The predicted octanol–water partition coefficient (Wildman–Crippen LogP) is 3.09. The lowest BCUT2D eigenvalue weighted by molar-refractivity contribution is 0.0957. The molecule has 1 aromatic carbocycles. The summed E-state index contributed by atoms with van der Waals surface area (Å²) in [6, 6.07) is 8.30. The molecular formula is C13H13FN2OS2. The van der Waals surface area contributed by atoms with Crippen molar-refractivity contribution in [3.05, 3.63) is 51.5 Å². The van der Waals surface area contributed by atoms with Crippen molar-refractivity contribution in [2.75, 3.05) is 0 Å². The molecule has 6 heteroatoms. The topological polar surface area (TPSA) is 55.1 Å². The summed E-state index contributed by atoms with van der Waals surface area (Å²) in [5, 5.41) is 0. The van der Waals surface area contributed by atoms with Crippen molar-refractivity contribution in [3.8, 4) is 0 Å². The van der Waals surface area contributed by atoms with E-state index in [4.69, 9.17) is 5.84 Å². The molecule has 0 aliphatic rings. The predicted molar refractivity (Wildman–Crippen MR) is 76.7 cm³/mol.